The van der Waals surface area contributed by atoms with Crippen molar-refractivity contribution < 1.29 is 22.4 Å². The SMILES string of the molecule is Cc1csc2ncc(C(=O)Nc3ccc(F)c(C(F)(F)F)c3)c(=O)n12. The van der Waals surface area contributed by atoms with Crippen molar-refractivity contribution in [1.29, 1.82) is 0 Å². The average molecular weight is 371 g/mol. The lowest BCUT2D eigenvalue weighted by Crippen LogP contribution is -2.26. The molecule has 5 nitrogen and oxygen atoms in total. The molecule has 25 heavy (non-hydrogen) atoms. The van der Waals surface area contributed by atoms with E-state index in [2.05, 4.69) is 10.3 Å². The molecule has 130 valence electrons. The normalized spacial score (nSPS) is 11.7. The number of carbonyl (C=O) groups is 1. The van der Waals surface area contributed by atoms with Crippen LogP contribution in [0.1, 0.15) is 21.6 Å². The van der Waals surface area contributed by atoms with E-state index >= 15 is 0 Å². The van der Waals surface area contributed by atoms with Crippen molar-refractivity contribution in [3.05, 3.63) is 62.8 Å². The highest BCUT2D eigenvalue weighted by atomic mass is 32.1. The van der Waals surface area contributed by atoms with Crippen molar-refractivity contribution >= 4 is 27.9 Å². The summed E-state index contributed by atoms with van der Waals surface area (Å²) in [5.74, 6) is -2.39. The lowest BCUT2D eigenvalue weighted by atomic mass is 10.1. The van der Waals surface area contributed by atoms with E-state index in [0.29, 0.717) is 22.8 Å². The fraction of sp³-hybridized carbons (Fsp3) is 0.133. The maximum Gasteiger partial charge on any atom is 0.419 e. The Bertz CT molecular complexity index is 1040. The first-order valence-corrected chi connectivity index (χ1v) is 7.70. The van der Waals surface area contributed by atoms with Crippen molar-refractivity contribution in [1.82, 2.24) is 9.38 Å². The molecule has 3 aromatic rings. The lowest BCUT2D eigenvalue weighted by molar-refractivity contribution is -0.139. The summed E-state index contributed by atoms with van der Waals surface area (Å²) in [6, 6.07) is 2.03. The zero-order valence-electron chi connectivity index (χ0n) is 12.5. The first kappa shape index (κ1) is 17.1. The number of halogens is 4. The van der Waals surface area contributed by atoms with Gasteiger partial charge in [0.15, 0.2) is 4.96 Å². The lowest BCUT2D eigenvalue weighted by Gasteiger charge is -2.11. The van der Waals surface area contributed by atoms with Gasteiger partial charge in [0.25, 0.3) is 11.5 Å². The molecule has 0 spiro atoms. The molecule has 3 rings (SSSR count). The highest BCUT2D eigenvalue weighted by Gasteiger charge is 2.34. The minimum atomic E-state index is -4.90. The molecule has 0 aliphatic heterocycles. The first-order valence-electron chi connectivity index (χ1n) is 6.82. The predicted octanol–water partition coefficient (Wildman–Crippen LogP) is 3.47. The van der Waals surface area contributed by atoms with Crippen molar-refractivity contribution in [3.8, 4) is 0 Å². The third kappa shape index (κ3) is 3.12. The Balaban J connectivity index is 1.97. The number of nitrogens with zero attached hydrogens (tertiary/aromatic N) is 2. The zero-order valence-corrected chi connectivity index (χ0v) is 13.3. The second-order valence-corrected chi connectivity index (χ2v) is 5.96. The number of nitrogens with one attached hydrogen (secondary N) is 1. The van der Waals surface area contributed by atoms with Crippen LogP contribution in [0.25, 0.3) is 4.96 Å². The summed E-state index contributed by atoms with van der Waals surface area (Å²) in [4.78, 5) is 28.9. The van der Waals surface area contributed by atoms with Crippen LogP contribution in [-0.4, -0.2) is 15.3 Å². The predicted molar refractivity (Wildman–Crippen MR) is 83.4 cm³/mol. The highest BCUT2D eigenvalue weighted by Crippen LogP contribution is 2.33. The van der Waals surface area contributed by atoms with Crippen molar-refractivity contribution in [2.45, 2.75) is 13.1 Å². The molecule has 0 bridgehead atoms. The third-order valence-electron chi connectivity index (χ3n) is 3.39. The van der Waals surface area contributed by atoms with Gasteiger partial charge in [-0.15, -0.1) is 11.3 Å². The number of hydrogen-bond acceptors (Lipinski definition) is 4. The molecule has 0 fully saturated rings. The number of amides is 1. The van der Waals surface area contributed by atoms with Crippen LogP contribution in [0.3, 0.4) is 0 Å². The summed E-state index contributed by atoms with van der Waals surface area (Å²) in [6.07, 6.45) is -3.85. The number of hydrogen-bond donors (Lipinski definition) is 1. The number of carbonyl (C=O) groups excluding carboxylic acids is 1. The summed E-state index contributed by atoms with van der Waals surface area (Å²) in [7, 11) is 0. The van der Waals surface area contributed by atoms with Gasteiger partial charge < -0.3 is 5.32 Å². The number of alkyl halides is 3. The van der Waals surface area contributed by atoms with Gasteiger partial charge in [0, 0.05) is 23.0 Å². The van der Waals surface area contributed by atoms with Crippen LogP contribution in [0, 0.1) is 12.7 Å². The Kier molecular flexibility index (Phi) is 4.07. The fourth-order valence-corrected chi connectivity index (χ4v) is 3.03. The van der Waals surface area contributed by atoms with Crippen molar-refractivity contribution in [2.75, 3.05) is 5.32 Å². The molecule has 10 heteroatoms. The summed E-state index contributed by atoms with van der Waals surface area (Å²) < 4.78 is 52.7. The maximum absolute atomic E-state index is 13.3. The van der Waals surface area contributed by atoms with Crippen LogP contribution in [0.4, 0.5) is 23.2 Å². The van der Waals surface area contributed by atoms with Crippen LogP contribution < -0.4 is 10.9 Å². The molecule has 0 atom stereocenters. The van der Waals surface area contributed by atoms with Gasteiger partial charge in [-0.2, -0.15) is 13.2 Å². The topological polar surface area (TPSA) is 63.5 Å². The summed E-state index contributed by atoms with van der Waals surface area (Å²) in [5.41, 5.74) is -2.20. The van der Waals surface area contributed by atoms with E-state index in [-0.39, 0.29) is 11.3 Å². The molecular weight excluding hydrogens is 362 g/mol. The van der Waals surface area contributed by atoms with Crippen LogP contribution >= 0.6 is 11.3 Å². The van der Waals surface area contributed by atoms with Gasteiger partial charge in [-0.3, -0.25) is 14.0 Å². The monoisotopic (exact) mass is 371 g/mol. The Labute approximate surface area is 141 Å². The van der Waals surface area contributed by atoms with Crippen LogP contribution in [-0.2, 0) is 6.18 Å². The van der Waals surface area contributed by atoms with Crippen molar-refractivity contribution in [3.63, 3.8) is 0 Å². The quantitative estimate of drug-likeness (QED) is 0.702. The standard InChI is InChI=1S/C15H9F4N3O2S/c1-7-6-25-14-20-5-9(13(24)22(7)14)12(23)21-8-2-3-11(16)10(4-8)15(17,18)19/h2-6H,1H3,(H,21,23). The average Bonchev–Trinajstić information content (AvgIpc) is 2.90. The number of fused-ring (bicyclic) bond motifs is 1. The molecule has 2 aromatic heterocycles. The van der Waals surface area contributed by atoms with E-state index < -0.39 is 29.0 Å². The Morgan fingerprint density at radius 2 is 2.04 bits per heavy atom. The first-order chi connectivity index (χ1) is 11.7. The number of benzene rings is 1. The minimum absolute atomic E-state index is 0.287. The Morgan fingerprint density at radius 1 is 1.32 bits per heavy atom. The molecular formula is C15H9F4N3O2S. The Morgan fingerprint density at radius 3 is 2.72 bits per heavy atom. The maximum atomic E-state index is 13.3. The van der Waals surface area contributed by atoms with Gasteiger partial charge in [-0.1, -0.05) is 0 Å². The number of anilines is 1. The Hall–Kier alpha value is -2.75. The fourth-order valence-electron chi connectivity index (χ4n) is 2.20. The second kappa shape index (κ2) is 5.96. The second-order valence-electron chi connectivity index (χ2n) is 5.12. The summed E-state index contributed by atoms with van der Waals surface area (Å²) in [6.45, 7) is 1.66. The molecule has 0 aliphatic rings. The van der Waals surface area contributed by atoms with Crippen molar-refractivity contribution in [2.24, 2.45) is 0 Å². The van der Waals surface area contributed by atoms with Gasteiger partial charge in [0.2, 0.25) is 0 Å². The number of thiazole rings is 1. The molecule has 2 heterocycles. The van der Waals surface area contributed by atoms with E-state index in [1.807, 2.05) is 0 Å². The molecule has 1 aromatic carbocycles. The van der Waals surface area contributed by atoms with Gasteiger partial charge in [-0.05, 0) is 25.1 Å². The number of rotatable bonds is 2. The van der Waals surface area contributed by atoms with Gasteiger partial charge >= 0.3 is 6.18 Å². The third-order valence-corrected chi connectivity index (χ3v) is 4.35. The summed E-state index contributed by atoms with van der Waals surface area (Å²) >= 11 is 1.21. The smallest absolute Gasteiger partial charge is 0.322 e. The number of aryl methyl sites for hydroxylation is 1. The molecule has 0 unspecified atom stereocenters. The largest absolute Gasteiger partial charge is 0.419 e. The van der Waals surface area contributed by atoms with Gasteiger partial charge in [-0.25, -0.2) is 9.37 Å². The van der Waals surface area contributed by atoms with Gasteiger partial charge in [0.05, 0.1) is 5.56 Å². The zero-order chi connectivity index (χ0) is 18.4. The molecule has 1 N–H and O–H groups in total. The summed E-state index contributed by atoms with van der Waals surface area (Å²) in [5, 5.41) is 3.84. The minimum Gasteiger partial charge on any atom is -0.322 e. The molecule has 0 saturated carbocycles. The van der Waals surface area contributed by atoms with E-state index in [0.717, 1.165) is 12.3 Å². The van der Waals surface area contributed by atoms with E-state index in [9.17, 15) is 27.2 Å². The van der Waals surface area contributed by atoms with E-state index in [1.54, 1.807) is 12.3 Å². The number of aromatic nitrogens is 2. The molecule has 0 saturated heterocycles. The van der Waals surface area contributed by atoms with Crippen LogP contribution in [0.5, 0.6) is 0 Å². The molecule has 0 radical (unpaired) electrons. The highest BCUT2D eigenvalue weighted by molar-refractivity contribution is 7.15. The van der Waals surface area contributed by atoms with Crippen LogP contribution in [0.2, 0.25) is 0 Å². The van der Waals surface area contributed by atoms with E-state index in [1.165, 1.54) is 15.7 Å². The molecule has 0 aliphatic carbocycles. The van der Waals surface area contributed by atoms with Gasteiger partial charge in [0.1, 0.15) is 11.4 Å². The van der Waals surface area contributed by atoms with Crippen LogP contribution in [0.15, 0.2) is 34.6 Å². The molecule has 1 amide bonds. The van der Waals surface area contributed by atoms with E-state index in [4.69, 9.17) is 0 Å².